The molecular formula is C19H19F3N2O. The number of rotatable bonds is 1. The summed E-state index contributed by atoms with van der Waals surface area (Å²) in [6, 6.07) is 11.3. The lowest BCUT2D eigenvalue weighted by molar-refractivity contribution is -0.246. The van der Waals surface area contributed by atoms with E-state index < -0.39 is 11.8 Å². The zero-order valence-electron chi connectivity index (χ0n) is 13.8. The molecule has 2 aromatic rings. The number of hydrogen-bond donors (Lipinski definition) is 1. The van der Waals surface area contributed by atoms with E-state index in [1.54, 1.807) is 18.2 Å². The summed E-state index contributed by atoms with van der Waals surface area (Å²) in [5.74, 6) is 0. The van der Waals surface area contributed by atoms with Crippen LogP contribution < -0.4 is 4.90 Å². The molecule has 0 saturated carbocycles. The Hall–Kier alpha value is -2.05. The second kappa shape index (κ2) is 5.47. The maximum atomic E-state index is 13.9. The van der Waals surface area contributed by atoms with E-state index in [-0.39, 0.29) is 11.1 Å². The van der Waals surface area contributed by atoms with Crippen LogP contribution in [0, 0.1) is 0 Å². The van der Waals surface area contributed by atoms with Gasteiger partial charge in [0.1, 0.15) is 0 Å². The predicted octanol–water partition coefficient (Wildman–Crippen LogP) is 3.22. The van der Waals surface area contributed by atoms with Gasteiger partial charge in [-0.3, -0.25) is 0 Å². The van der Waals surface area contributed by atoms with Crippen LogP contribution in [0.1, 0.15) is 11.1 Å². The number of fused-ring (bicyclic) bond motifs is 3. The first-order chi connectivity index (χ1) is 11.8. The monoisotopic (exact) mass is 348 g/mol. The van der Waals surface area contributed by atoms with Gasteiger partial charge in [0.05, 0.1) is 0 Å². The minimum Gasteiger partial charge on any atom is -0.372 e. The predicted molar refractivity (Wildman–Crippen MR) is 90.6 cm³/mol. The van der Waals surface area contributed by atoms with Crippen LogP contribution in [0.5, 0.6) is 0 Å². The summed E-state index contributed by atoms with van der Waals surface area (Å²) in [4.78, 5) is 4.26. The van der Waals surface area contributed by atoms with Crippen molar-refractivity contribution in [1.29, 1.82) is 0 Å². The lowest BCUT2D eigenvalue weighted by Gasteiger charge is -2.35. The van der Waals surface area contributed by atoms with E-state index in [4.69, 9.17) is 0 Å². The van der Waals surface area contributed by atoms with Gasteiger partial charge in [-0.15, -0.1) is 0 Å². The van der Waals surface area contributed by atoms with Gasteiger partial charge in [0, 0.05) is 43.0 Å². The molecule has 1 unspecified atom stereocenters. The van der Waals surface area contributed by atoms with Crippen molar-refractivity contribution in [3.05, 3.63) is 53.6 Å². The molecule has 132 valence electrons. The average Bonchev–Trinajstić information content (AvgIpc) is 2.86. The topological polar surface area (TPSA) is 26.7 Å². The van der Waals surface area contributed by atoms with Crippen molar-refractivity contribution in [2.75, 3.05) is 38.1 Å². The second-order valence-electron chi connectivity index (χ2n) is 6.77. The summed E-state index contributed by atoms with van der Waals surface area (Å²) in [7, 11) is 2.03. The Kier molecular flexibility index (Phi) is 3.60. The minimum atomic E-state index is -4.78. The van der Waals surface area contributed by atoms with Gasteiger partial charge in [-0.2, -0.15) is 13.2 Å². The average molecular weight is 348 g/mol. The van der Waals surface area contributed by atoms with Gasteiger partial charge in [-0.25, -0.2) is 0 Å². The molecule has 0 aromatic heterocycles. The van der Waals surface area contributed by atoms with Crippen LogP contribution in [0.2, 0.25) is 0 Å². The molecule has 1 aliphatic heterocycles. The summed E-state index contributed by atoms with van der Waals surface area (Å²) in [6.45, 7) is 3.24. The minimum absolute atomic E-state index is 0.0716. The first kappa shape index (κ1) is 16.4. The molecule has 0 radical (unpaired) electrons. The SMILES string of the molecule is CN1CCN(c2ccc3c(c2)C(O)(C(F)(F)F)c2ccccc2-3)CC1. The highest BCUT2D eigenvalue weighted by Gasteiger charge is 2.60. The first-order valence-electron chi connectivity index (χ1n) is 8.29. The summed E-state index contributed by atoms with van der Waals surface area (Å²) in [6.07, 6.45) is -4.78. The third-order valence-corrected chi connectivity index (χ3v) is 5.28. The Morgan fingerprint density at radius 3 is 2.24 bits per heavy atom. The molecule has 0 spiro atoms. The molecule has 1 heterocycles. The van der Waals surface area contributed by atoms with Gasteiger partial charge < -0.3 is 14.9 Å². The standard InChI is InChI=1S/C19H19F3N2O/c1-23-8-10-24(11-9-23)13-6-7-15-14-4-2-3-5-16(14)18(25,17(15)12-13)19(20,21)22/h2-7,12,25H,8-11H2,1H3. The normalized spacial score (nSPS) is 23.5. The van der Waals surface area contributed by atoms with Crippen molar-refractivity contribution in [2.24, 2.45) is 0 Å². The van der Waals surface area contributed by atoms with Crippen molar-refractivity contribution >= 4 is 5.69 Å². The Bertz CT molecular complexity index is 813. The number of piperazine rings is 1. The van der Waals surface area contributed by atoms with Gasteiger partial charge >= 0.3 is 6.18 Å². The van der Waals surface area contributed by atoms with Crippen molar-refractivity contribution in [2.45, 2.75) is 11.8 Å². The highest BCUT2D eigenvalue weighted by molar-refractivity contribution is 5.82. The zero-order chi connectivity index (χ0) is 17.8. The Labute approximate surface area is 144 Å². The fourth-order valence-corrected chi connectivity index (χ4v) is 3.81. The number of anilines is 1. The number of nitrogens with zero attached hydrogens (tertiary/aromatic N) is 2. The maximum Gasteiger partial charge on any atom is 0.425 e. The molecule has 4 rings (SSSR count). The summed E-state index contributed by atoms with van der Waals surface area (Å²) >= 11 is 0. The number of alkyl halides is 3. The van der Waals surface area contributed by atoms with Crippen LogP contribution in [0.15, 0.2) is 42.5 Å². The molecule has 1 atom stereocenters. The molecule has 0 amide bonds. The third kappa shape index (κ3) is 2.35. The summed E-state index contributed by atoms with van der Waals surface area (Å²) in [5.41, 5.74) is -1.50. The van der Waals surface area contributed by atoms with Crippen molar-refractivity contribution < 1.29 is 18.3 Å². The van der Waals surface area contributed by atoms with Crippen LogP contribution in [-0.2, 0) is 5.60 Å². The molecule has 1 fully saturated rings. The van der Waals surface area contributed by atoms with E-state index in [0.29, 0.717) is 11.1 Å². The number of likely N-dealkylation sites (N-methyl/N-ethyl adjacent to an activating group) is 1. The van der Waals surface area contributed by atoms with E-state index >= 15 is 0 Å². The molecule has 1 N–H and O–H groups in total. The zero-order valence-corrected chi connectivity index (χ0v) is 13.8. The lowest BCUT2D eigenvalue weighted by Crippen LogP contribution is -2.45. The van der Waals surface area contributed by atoms with Gasteiger partial charge in [-0.05, 0) is 30.3 Å². The summed E-state index contributed by atoms with van der Waals surface area (Å²) in [5, 5.41) is 10.7. The number of hydrogen-bond acceptors (Lipinski definition) is 3. The first-order valence-corrected chi connectivity index (χ1v) is 8.29. The fraction of sp³-hybridized carbons (Fsp3) is 0.368. The van der Waals surface area contributed by atoms with E-state index in [0.717, 1.165) is 31.9 Å². The summed E-state index contributed by atoms with van der Waals surface area (Å²) < 4.78 is 41.6. The van der Waals surface area contributed by atoms with Crippen molar-refractivity contribution in [1.82, 2.24) is 4.90 Å². The van der Waals surface area contributed by atoms with E-state index in [2.05, 4.69) is 9.80 Å². The Morgan fingerprint density at radius 1 is 0.920 bits per heavy atom. The maximum absolute atomic E-state index is 13.9. The molecule has 3 nitrogen and oxygen atoms in total. The smallest absolute Gasteiger partial charge is 0.372 e. The Balaban J connectivity index is 1.84. The van der Waals surface area contributed by atoms with Crippen LogP contribution in [0.3, 0.4) is 0 Å². The van der Waals surface area contributed by atoms with Crippen LogP contribution >= 0.6 is 0 Å². The second-order valence-corrected chi connectivity index (χ2v) is 6.77. The number of halogens is 3. The number of benzene rings is 2. The van der Waals surface area contributed by atoms with Crippen molar-refractivity contribution in [3.63, 3.8) is 0 Å². The quantitative estimate of drug-likeness (QED) is 0.857. The largest absolute Gasteiger partial charge is 0.425 e. The van der Waals surface area contributed by atoms with E-state index in [9.17, 15) is 18.3 Å². The molecule has 2 aliphatic rings. The van der Waals surface area contributed by atoms with Gasteiger partial charge in [0.2, 0.25) is 5.60 Å². The molecular weight excluding hydrogens is 329 g/mol. The molecule has 25 heavy (non-hydrogen) atoms. The lowest BCUT2D eigenvalue weighted by atomic mass is 9.90. The van der Waals surface area contributed by atoms with Crippen molar-refractivity contribution in [3.8, 4) is 11.1 Å². The van der Waals surface area contributed by atoms with E-state index in [1.807, 2.05) is 13.1 Å². The van der Waals surface area contributed by atoms with Gasteiger partial charge in [0.25, 0.3) is 0 Å². The van der Waals surface area contributed by atoms with Crippen LogP contribution in [0.25, 0.3) is 11.1 Å². The molecule has 1 saturated heterocycles. The van der Waals surface area contributed by atoms with E-state index in [1.165, 1.54) is 18.2 Å². The van der Waals surface area contributed by atoms with Gasteiger partial charge in [0.15, 0.2) is 0 Å². The highest BCUT2D eigenvalue weighted by atomic mass is 19.4. The molecule has 6 heteroatoms. The van der Waals surface area contributed by atoms with Crippen LogP contribution in [0.4, 0.5) is 18.9 Å². The molecule has 2 aromatic carbocycles. The van der Waals surface area contributed by atoms with Gasteiger partial charge in [-0.1, -0.05) is 30.3 Å². The third-order valence-electron chi connectivity index (χ3n) is 5.28. The molecule has 1 aliphatic carbocycles. The molecule has 0 bridgehead atoms. The number of aliphatic hydroxyl groups is 1. The fourth-order valence-electron chi connectivity index (χ4n) is 3.81. The van der Waals surface area contributed by atoms with Crippen LogP contribution in [-0.4, -0.2) is 49.4 Å². The highest BCUT2D eigenvalue weighted by Crippen LogP contribution is 2.55. The Morgan fingerprint density at radius 2 is 1.56 bits per heavy atom.